The Morgan fingerprint density at radius 2 is 2.00 bits per heavy atom. The molecule has 0 fully saturated rings. The molecule has 1 aromatic carbocycles. The van der Waals surface area contributed by atoms with Gasteiger partial charge in [-0.2, -0.15) is 0 Å². The zero-order chi connectivity index (χ0) is 8.55. The van der Waals surface area contributed by atoms with E-state index in [-0.39, 0.29) is 0 Å². The first-order valence-corrected chi connectivity index (χ1v) is 5.34. The van der Waals surface area contributed by atoms with Crippen molar-refractivity contribution in [1.29, 1.82) is 0 Å². The summed E-state index contributed by atoms with van der Waals surface area (Å²) >= 11 is 5.63. The van der Waals surface area contributed by atoms with Crippen LogP contribution in [0.4, 0.5) is 0 Å². The minimum atomic E-state index is 1.03. The van der Waals surface area contributed by atoms with Crippen molar-refractivity contribution in [3.05, 3.63) is 38.6 Å². The SMILES string of the molecule is Brc1ccc2cc(I)ncc2c1. The zero-order valence-corrected chi connectivity index (χ0v) is 9.83. The summed E-state index contributed by atoms with van der Waals surface area (Å²) in [6.45, 7) is 0. The molecule has 0 saturated carbocycles. The van der Waals surface area contributed by atoms with Gasteiger partial charge in [-0.25, -0.2) is 4.98 Å². The number of aromatic nitrogens is 1. The molecule has 0 aliphatic heterocycles. The fraction of sp³-hybridized carbons (Fsp3) is 0. The number of halogens is 2. The van der Waals surface area contributed by atoms with E-state index in [1.165, 1.54) is 10.8 Å². The molecule has 0 atom stereocenters. The predicted molar refractivity (Wildman–Crippen MR) is 62.2 cm³/mol. The highest BCUT2D eigenvalue weighted by molar-refractivity contribution is 14.1. The van der Waals surface area contributed by atoms with Gasteiger partial charge in [-0.05, 0) is 46.2 Å². The lowest BCUT2D eigenvalue weighted by atomic mass is 10.2. The Bertz CT molecular complexity index is 387. The molecule has 0 radical (unpaired) electrons. The molecular formula is C9H5BrIN. The fourth-order valence-electron chi connectivity index (χ4n) is 1.09. The van der Waals surface area contributed by atoms with Crippen LogP contribution in [0.3, 0.4) is 0 Å². The van der Waals surface area contributed by atoms with Gasteiger partial charge in [-0.15, -0.1) is 0 Å². The topological polar surface area (TPSA) is 12.9 Å². The van der Waals surface area contributed by atoms with Gasteiger partial charge in [-0.1, -0.05) is 22.0 Å². The van der Waals surface area contributed by atoms with Crippen LogP contribution in [0.25, 0.3) is 10.8 Å². The maximum Gasteiger partial charge on any atom is 0.101 e. The van der Waals surface area contributed by atoms with Crippen molar-refractivity contribution in [2.45, 2.75) is 0 Å². The van der Waals surface area contributed by atoms with Crippen molar-refractivity contribution < 1.29 is 0 Å². The third kappa shape index (κ3) is 1.61. The van der Waals surface area contributed by atoms with E-state index < -0.39 is 0 Å². The Hall–Kier alpha value is -0.160. The van der Waals surface area contributed by atoms with E-state index in [1.807, 2.05) is 12.3 Å². The first kappa shape index (κ1) is 8.44. The van der Waals surface area contributed by atoms with Crippen LogP contribution >= 0.6 is 38.5 Å². The minimum Gasteiger partial charge on any atom is -0.250 e. The summed E-state index contributed by atoms with van der Waals surface area (Å²) < 4.78 is 2.13. The average Bonchev–Trinajstić information content (AvgIpc) is 2.05. The Kier molecular flexibility index (Phi) is 2.32. The van der Waals surface area contributed by atoms with Crippen LogP contribution in [0, 0.1) is 3.70 Å². The van der Waals surface area contributed by atoms with E-state index in [1.54, 1.807) is 0 Å². The summed E-state index contributed by atoms with van der Waals surface area (Å²) in [5.74, 6) is 0. The molecule has 60 valence electrons. The second-order valence-electron chi connectivity index (χ2n) is 2.50. The predicted octanol–water partition coefficient (Wildman–Crippen LogP) is 3.60. The van der Waals surface area contributed by atoms with Crippen LogP contribution in [-0.4, -0.2) is 4.98 Å². The van der Waals surface area contributed by atoms with Crippen molar-refractivity contribution >= 4 is 49.3 Å². The third-order valence-electron chi connectivity index (χ3n) is 1.65. The molecule has 0 aliphatic rings. The quantitative estimate of drug-likeness (QED) is 0.530. The molecule has 12 heavy (non-hydrogen) atoms. The lowest BCUT2D eigenvalue weighted by Crippen LogP contribution is -1.79. The summed E-state index contributed by atoms with van der Waals surface area (Å²) in [6, 6.07) is 8.27. The molecule has 0 unspecified atom stereocenters. The van der Waals surface area contributed by atoms with E-state index in [2.05, 4.69) is 61.7 Å². The molecule has 2 rings (SSSR count). The van der Waals surface area contributed by atoms with Gasteiger partial charge in [0.2, 0.25) is 0 Å². The van der Waals surface area contributed by atoms with Crippen LogP contribution in [-0.2, 0) is 0 Å². The Labute approximate surface area is 92.5 Å². The van der Waals surface area contributed by atoms with Gasteiger partial charge in [-0.3, -0.25) is 0 Å². The standard InChI is InChI=1S/C9H5BrIN/c10-8-2-1-6-4-9(11)12-5-7(6)3-8/h1-5H. The normalized spacial score (nSPS) is 10.5. The molecule has 1 nitrogen and oxygen atoms in total. The van der Waals surface area contributed by atoms with Gasteiger partial charge in [0.05, 0.1) is 0 Å². The fourth-order valence-corrected chi connectivity index (χ4v) is 1.94. The Balaban J connectivity index is 2.79. The summed E-state index contributed by atoms with van der Waals surface area (Å²) in [4.78, 5) is 4.21. The molecule has 0 amide bonds. The molecule has 0 N–H and O–H groups in total. The van der Waals surface area contributed by atoms with Crippen molar-refractivity contribution in [3.63, 3.8) is 0 Å². The monoisotopic (exact) mass is 333 g/mol. The van der Waals surface area contributed by atoms with Gasteiger partial charge in [0.25, 0.3) is 0 Å². The van der Waals surface area contributed by atoms with Gasteiger partial charge in [0, 0.05) is 16.1 Å². The highest BCUT2D eigenvalue weighted by Crippen LogP contribution is 2.19. The molecule has 2 aromatic rings. The minimum absolute atomic E-state index is 1.03. The zero-order valence-electron chi connectivity index (χ0n) is 6.09. The van der Waals surface area contributed by atoms with Crippen LogP contribution in [0.5, 0.6) is 0 Å². The van der Waals surface area contributed by atoms with Crippen molar-refractivity contribution in [1.82, 2.24) is 4.98 Å². The Morgan fingerprint density at radius 3 is 2.83 bits per heavy atom. The molecule has 3 heteroatoms. The summed E-state index contributed by atoms with van der Waals surface area (Å²) in [6.07, 6.45) is 1.89. The van der Waals surface area contributed by atoms with Gasteiger partial charge in [0.15, 0.2) is 0 Å². The molecular weight excluding hydrogens is 329 g/mol. The van der Waals surface area contributed by atoms with E-state index in [9.17, 15) is 0 Å². The van der Waals surface area contributed by atoms with E-state index in [0.717, 1.165) is 8.17 Å². The van der Waals surface area contributed by atoms with Gasteiger partial charge in [0.1, 0.15) is 3.70 Å². The van der Waals surface area contributed by atoms with Crippen LogP contribution in [0.15, 0.2) is 34.9 Å². The molecule has 0 bridgehead atoms. The number of nitrogens with zero attached hydrogens (tertiary/aromatic N) is 1. The van der Waals surface area contributed by atoms with Crippen LogP contribution in [0.2, 0.25) is 0 Å². The molecule has 0 aliphatic carbocycles. The molecule has 1 heterocycles. The molecule has 0 saturated heterocycles. The van der Waals surface area contributed by atoms with Gasteiger partial charge < -0.3 is 0 Å². The number of fused-ring (bicyclic) bond motifs is 1. The first-order chi connectivity index (χ1) is 5.75. The number of hydrogen-bond acceptors (Lipinski definition) is 1. The number of benzene rings is 1. The maximum absolute atomic E-state index is 4.21. The van der Waals surface area contributed by atoms with Crippen molar-refractivity contribution in [2.75, 3.05) is 0 Å². The lowest BCUT2D eigenvalue weighted by Gasteiger charge is -1.97. The maximum atomic E-state index is 4.21. The van der Waals surface area contributed by atoms with Crippen molar-refractivity contribution in [3.8, 4) is 0 Å². The number of rotatable bonds is 0. The second kappa shape index (κ2) is 3.30. The lowest BCUT2D eigenvalue weighted by molar-refractivity contribution is 1.30. The van der Waals surface area contributed by atoms with E-state index >= 15 is 0 Å². The largest absolute Gasteiger partial charge is 0.250 e. The van der Waals surface area contributed by atoms with Crippen LogP contribution in [0.1, 0.15) is 0 Å². The Morgan fingerprint density at radius 1 is 1.17 bits per heavy atom. The van der Waals surface area contributed by atoms with Crippen LogP contribution < -0.4 is 0 Å². The van der Waals surface area contributed by atoms with Gasteiger partial charge >= 0.3 is 0 Å². The molecule has 0 spiro atoms. The number of hydrogen-bond donors (Lipinski definition) is 0. The third-order valence-corrected chi connectivity index (χ3v) is 2.73. The summed E-state index contributed by atoms with van der Waals surface area (Å²) in [7, 11) is 0. The van der Waals surface area contributed by atoms with Crippen molar-refractivity contribution in [2.24, 2.45) is 0 Å². The highest BCUT2D eigenvalue weighted by Gasteiger charge is 1.95. The summed E-state index contributed by atoms with van der Waals surface area (Å²) in [5.41, 5.74) is 0. The number of pyridine rings is 1. The average molecular weight is 334 g/mol. The first-order valence-electron chi connectivity index (χ1n) is 3.46. The summed E-state index contributed by atoms with van der Waals surface area (Å²) in [5, 5.41) is 2.40. The van der Waals surface area contributed by atoms with E-state index in [4.69, 9.17) is 0 Å². The second-order valence-corrected chi connectivity index (χ2v) is 4.52. The molecule has 1 aromatic heterocycles. The highest BCUT2D eigenvalue weighted by atomic mass is 127. The van der Waals surface area contributed by atoms with E-state index in [0.29, 0.717) is 0 Å². The smallest absolute Gasteiger partial charge is 0.101 e.